The Morgan fingerprint density at radius 2 is 1.88 bits per heavy atom. The molecule has 2 N–H and O–H groups in total. The van der Waals surface area contributed by atoms with Gasteiger partial charge < -0.3 is 10.1 Å². The van der Waals surface area contributed by atoms with Gasteiger partial charge in [-0.05, 0) is 31.8 Å². The number of allylic oxidation sites excluding steroid dienone is 3. The molecule has 26 heavy (non-hydrogen) atoms. The van der Waals surface area contributed by atoms with Crippen molar-refractivity contribution in [3.8, 4) is 0 Å². The van der Waals surface area contributed by atoms with Crippen molar-refractivity contribution >= 4 is 32.8 Å². The van der Waals surface area contributed by atoms with E-state index in [0.29, 0.717) is 0 Å². The smallest absolute Gasteiger partial charge is 0.331 e. The molecule has 0 aromatic heterocycles. The van der Waals surface area contributed by atoms with E-state index >= 15 is 0 Å². The maximum Gasteiger partial charge on any atom is 0.331 e. The lowest BCUT2D eigenvalue weighted by molar-refractivity contribution is -0.143. The fraction of sp³-hybridized carbons (Fsp3) is 0.500. The largest absolute Gasteiger partial charge is 0.454 e. The van der Waals surface area contributed by atoms with Crippen molar-refractivity contribution in [3.63, 3.8) is 0 Å². The molecular weight excluding hydrogens is 366 g/mol. The summed E-state index contributed by atoms with van der Waals surface area (Å²) in [7, 11) is -4.80. The van der Waals surface area contributed by atoms with Crippen LogP contribution in [0.15, 0.2) is 23.8 Å². The highest BCUT2D eigenvalue weighted by Crippen LogP contribution is 2.20. The summed E-state index contributed by atoms with van der Waals surface area (Å²) in [5, 5.41) is 0.728. The average Bonchev–Trinajstić information content (AvgIpc) is 2.58. The molecular formula is C16H21NO8S. The second-order valence-corrected chi connectivity index (χ2v) is 7.09. The molecule has 0 bridgehead atoms. The summed E-state index contributed by atoms with van der Waals surface area (Å²) in [5.74, 6) is -1.71. The van der Waals surface area contributed by atoms with Crippen molar-refractivity contribution in [2.45, 2.75) is 32.1 Å². The summed E-state index contributed by atoms with van der Waals surface area (Å²) < 4.78 is 34.0. The lowest BCUT2D eigenvalue weighted by Crippen LogP contribution is -2.33. The highest BCUT2D eigenvalue weighted by atomic mass is 32.2. The van der Waals surface area contributed by atoms with Crippen molar-refractivity contribution < 1.29 is 36.9 Å². The first-order valence-electron chi connectivity index (χ1n) is 7.97. The second-order valence-electron chi connectivity index (χ2n) is 5.68. The van der Waals surface area contributed by atoms with Gasteiger partial charge >= 0.3 is 16.1 Å². The molecule has 1 aliphatic rings. The molecule has 0 saturated carbocycles. The fourth-order valence-electron chi connectivity index (χ4n) is 2.15. The first kappa shape index (κ1) is 21.9. The van der Waals surface area contributed by atoms with Gasteiger partial charge in [0.1, 0.15) is 0 Å². The van der Waals surface area contributed by atoms with Crippen LogP contribution in [0.5, 0.6) is 0 Å². The van der Waals surface area contributed by atoms with E-state index in [4.69, 9.17) is 4.55 Å². The molecule has 0 spiro atoms. The van der Waals surface area contributed by atoms with Gasteiger partial charge in [0.05, 0.1) is 13.1 Å². The molecule has 0 fully saturated rings. The summed E-state index contributed by atoms with van der Waals surface area (Å²) in [5.41, 5.74) is 1.06. The van der Waals surface area contributed by atoms with E-state index in [-0.39, 0.29) is 12.2 Å². The Bertz CT molecular complexity index is 721. The Labute approximate surface area is 151 Å². The number of ketones is 2. The Balaban J connectivity index is 2.24. The van der Waals surface area contributed by atoms with Gasteiger partial charge in [-0.1, -0.05) is 11.6 Å². The molecule has 0 amide bonds. The van der Waals surface area contributed by atoms with Crippen molar-refractivity contribution in [3.05, 3.63) is 23.8 Å². The van der Waals surface area contributed by atoms with Crippen LogP contribution in [0, 0.1) is 0 Å². The number of hydrogen-bond acceptors (Lipinski definition) is 8. The van der Waals surface area contributed by atoms with Gasteiger partial charge in [-0.25, -0.2) is 4.79 Å². The normalized spacial score (nSPS) is 14.7. The molecule has 0 aliphatic heterocycles. The van der Waals surface area contributed by atoms with Crippen molar-refractivity contribution in [2.75, 3.05) is 19.7 Å². The molecule has 10 heteroatoms. The van der Waals surface area contributed by atoms with E-state index in [0.717, 1.165) is 43.4 Å². The molecule has 1 aliphatic carbocycles. The molecule has 0 unspecified atom stereocenters. The zero-order valence-corrected chi connectivity index (χ0v) is 14.9. The molecule has 144 valence electrons. The van der Waals surface area contributed by atoms with E-state index in [1.165, 1.54) is 0 Å². The van der Waals surface area contributed by atoms with Crippen LogP contribution in [-0.4, -0.2) is 55.3 Å². The second kappa shape index (κ2) is 10.7. The van der Waals surface area contributed by atoms with Gasteiger partial charge in [-0.2, -0.15) is 8.42 Å². The lowest BCUT2D eigenvalue weighted by Gasteiger charge is -2.10. The molecule has 0 atom stereocenters. The van der Waals surface area contributed by atoms with E-state index in [2.05, 4.69) is 10.1 Å². The topological polar surface area (TPSA) is 144 Å². The minimum atomic E-state index is -4.80. The number of nitrogens with one attached hydrogen (secondary N) is 1. The highest BCUT2D eigenvalue weighted by molar-refractivity contribution is 8.01. The summed E-state index contributed by atoms with van der Waals surface area (Å²) in [6, 6.07) is 0. The van der Waals surface area contributed by atoms with Crippen LogP contribution >= 0.6 is 0 Å². The number of carbonyl (C=O) groups is 4. The van der Waals surface area contributed by atoms with Gasteiger partial charge in [0, 0.05) is 12.5 Å². The quantitative estimate of drug-likeness (QED) is 0.231. The summed E-state index contributed by atoms with van der Waals surface area (Å²) in [4.78, 5) is 45.4. The lowest BCUT2D eigenvalue weighted by atomic mass is 9.96. The monoisotopic (exact) mass is 387 g/mol. The van der Waals surface area contributed by atoms with Gasteiger partial charge in [0.15, 0.2) is 18.2 Å². The zero-order chi connectivity index (χ0) is 19.6. The Kier molecular flexibility index (Phi) is 9.03. The van der Waals surface area contributed by atoms with E-state index in [1.54, 1.807) is 0 Å². The molecule has 9 nitrogen and oxygen atoms in total. The Morgan fingerprint density at radius 3 is 2.50 bits per heavy atom. The van der Waals surface area contributed by atoms with E-state index in [9.17, 15) is 27.6 Å². The van der Waals surface area contributed by atoms with Crippen LogP contribution in [0.25, 0.3) is 0 Å². The van der Waals surface area contributed by atoms with E-state index in [1.807, 2.05) is 6.08 Å². The fourth-order valence-corrected chi connectivity index (χ4v) is 2.44. The molecule has 1 rings (SSSR count). The number of esters is 1. The summed E-state index contributed by atoms with van der Waals surface area (Å²) >= 11 is 0. The molecule has 0 heterocycles. The van der Waals surface area contributed by atoms with Crippen LogP contribution in [0.4, 0.5) is 0 Å². The van der Waals surface area contributed by atoms with Crippen LogP contribution < -0.4 is 5.32 Å². The van der Waals surface area contributed by atoms with Crippen LogP contribution in [0.1, 0.15) is 32.1 Å². The van der Waals surface area contributed by atoms with Crippen molar-refractivity contribution in [1.29, 1.82) is 0 Å². The van der Waals surface area contributed by atoms with E-state index < -0.39 is 46.7 Å². The summed E-state index contributed by atoms with van der Waals surface area (Å²) in [6.45, 7) is -1.77. The number of Topliss-reactive ketones (excluding diaryl/α,β-unsaturated/α-hetero) is 1. The third-order valence-corrected chi connectivity index (χ3v) is 4.17. The van der Waals surface area contributed by atoms with Gasteiger partial charge in [0.25, 0.3) is 5.12 Å². The SMILES string of the molecule is O=C(/C=C/C(=O)OCC(=O)CNCC(=O)S(=O)(=O)O)CC1=CCCCC1. The molecule has 0 radical (unpaired) electrons. The number of ether oxygens (including phenoxy) is 1. The standard InChI is InChI=1S/C16H21NO8S/c18-13(8-12-4-2-1-3-5-12)6-7-15(20)25-11-14(19)9-17-10-16(21)26(22,23)24/h4,6-7,17H,1-3,5,8-11H2,(H,22,23,24)/b7-6+. The first-order chi connectivity index (χ1) is 12.2. The first-order valence-corrected chi connectivity index (χ1v) is 9.41. The Hall–Kier alpha value is -2.17. The van der Waals surface area contributed by atoms with Crippen molar-refractivity contribution in [1.82, 2.24) is 5.32 Å². The Morgan fingerprint density at radius 1 is 1.15 bits per heavy atom. The maximum atomic E-state index is 11.7. The van der Waals surface area contributed by atoms with Gasteiger partial charge in [-0.15, -0.1) is 0 Å². The minimum Gasteiger partial charge on any atom is -0.454 e. The highest BCUT2D eigenvalue weighted by Gasteiger charge is 2.17. The summed E-state index contributed by atoms with van der Waals surface area (Å²) in [6.07, 6.45) is 8.34. The van der Waals surface area contributed by atoms with Crippen LogP contribution in [0.3, 0.4) is 0 Å². The zero-order valence-electron chi connectivity index (χ0n) is 14.1. The predicted octanol–water partition coefficient (Wildman–Crippen LogP) is 0.119. The van der Waals surface area contributed by atoms with Gasteiger partial charge in [-0.3, -0.25) is 18.9 Å². The third kappa shape index (κ3) is 9.35. The molecule has 0 aromatic rings. The number of carbonyl (C=O) groups excluding carboxylic acids is 4. The van der Waals surface area contributed by atoms with Crippen molar-refractivity contribution in [2.24, 2.45) is 0 Å². The minimum absolute atomic E-state index is 0.230. The predicted molar refractivity (Wildman–Crippen MR) is 90.7 cm³/mol. The number of rotatable bonds is 10. The third-order valence-electron chi connectivity index (χ3n) is 3.45. The van der Waals surface area contributed by atoms with Crippen LogP contribution in [-0.2, 0) is 34.0 Å². The average molecular weight is 387 g/mol. The van der Waals surface area contributed by atoms with Gasteiger partial charge in [0.2, 0.25) is 0 Å². The molecule has 0 saturated heterocycles. The van der Waals surface area contributed by atoms with Crippen LogP contribution in [0.2, 0.25) is 0 Å². The molecule has 0 aromatic carbocycles. The number of hydrogen-bond donors (Lipinski definition) is 2. The maximum absolute atomic E-state index is 11.7.